The quantitative estimate of drug-likeness (QED) is 0.506. The Morgan fingerprint density at radius 2 is 1.92 bits per heavy atom. The molecule has 0 radical (unpaired) electrons. The highest BCUT2D eigenvalue weighted by atomic mass is 35.5. The zero-order chi connectivity index (χ0) is 17.6. The first-order valence-electron chi connectivity index (χ1n) is 8.90. The van der Waals surface area contributed by atoms with E-state index in [2.05, 4.69) is 41.2 Å². The minimum atomic E-state index is -0.303. The molecule has 2 nitrogen and oxygen atoms in total. The molecule has 0 saturated carbocycles. The van der Waals surface area contributed by atoms with Crippen LogP contribution in [0.3, 0.4) is 0 Å². The van der Waals surface area contributed by atoms with Crippen molar-refractivity contribution >= 4 is 22.5 Å². The first-order valence-corrected chi connectivity index (χ1v) is 9.28. The Morgan fingerprint density at radius 3 is 2.72 bits per heavy atom. The Kier molecular flexibility index (Phi) is 6.11. The molecule has 132 valence electrons. The molecule has 0 fully saturated rings. The van der Waals surface area contributed by atoms with Crippen LogP contribution < -0.4 is 5.32 Å². The molecule has 1 heterocycles. The van der Waals surface area contributed by atoms with Crippen molar-refractivity contribution in [3.63, 3.8) is 0 Å². The van der Waals surface area contributed by atoms with Gasteiger partial charge in [-0.2, -0.15) is 0 Å². The Bertz CT molecular complexity index is 841. The minimum absolute atomic E-state index is 0.303. The van der Waals surface area contributed by atoms with E-state index in [1.807, 2.05) is 6.07 Å². The van der Waals surface area contributed by atoms with E-state index in [9.17, 15) is 4.39 Å². The lowest BCUT2D eigenvalue weighted by atomic mass is 10.1. The largest absolute Gasteiger partial charge is 0.343 e. The Hall–Kier alpha value is -1.84. The molecule has 1 aromatic heterocycles. The van der Waals surface area contributed by atoms with Gasteiger partial charge in [-0.1, -0.05) is 55.6 Å². The summed E-state index contributed by atoms with van der Waals surface area (Å²) < 4.78 is 15.5. The van der Waals surface area contributed by atoms with Crippen LogP contribution in [0.5, 0.6) is 0 Å². The van der Waals surface area contributed by atoms with E-state index in [4.69, 9.17) is 11.6 Å². The van der Waals surface area contributed by atoms with Gasteiger partial charge in [0.05, 0.1) is 0 Å². The number of hydrogen-bond donors (Lipinski definition) is 1. The first-order chi connectivity index (χ1) is 12.2. The normalized spacial score (nSPS) is 11.3. The van der Waals surface area contributed by atoms with Crippen LogP contribution in [0.15, 0.2) is 48.7 Å². The van der Waals surface area contributed by atoms with E-state index >= 15 is 0 Å². The van der Waals surface area contributed by atoms with Crippen molar-refractivity contribution < 1.29 is 4.39 Å². The van der Waals surface area contributed by atoms with Gasteiger partial charge in [-0.25, -0.2) is 4.39 Å². The van der Waals surface area contributed by atoms with Crippen LogP contribution in [0.25, 0.3) is 10.9 Å². The Labute approximate surface area is 153 Å². The average molecular weight is 359 g/mol. The van der Waals surface area contributed by atoms with E-state index in [0.717, 1.165) is 18.7 Å². The molecular formula is C21H24ClFN2. The lowest BCUT2D eigenvalue weighted by Crippen LogP contribution is -2.14. The number of halogens is 2. The minimum Gasteiger partial charge on any atom is -0.343 e. The molecule has 2 aromatic carbocycles. The second kappa shape index (κ2) is 8.50. The van der Waals surface area contributed by atoms with Gasteiger partial charge in [0, 0.05) is 35.2 Å². The standard InChI is InChI=1S/C21H24ClFN2/c1-2-3-6-11-24-13-17-15-25(21-8-5-4-7-19(17)21)14-16-9-10-18(23)12-20(16)22/h4-5,7-10,12,15,24H,2-3,6,11,13-14H2,1H3. The van der Waals surface area contributed by atoms with Crippen molar-refractivity contribution in [2.75, 3.05) is 6.54 Å². The maximum Gasteiger partial charge on any atom is 0.124 e. The van der Waals surface area contributed by atoms with Gasteiger partial charge in [0.2, 0.25) is 0 Å². The van der Waals surface area contributed by atoms with Gasteiger partial charge < -0.3 is 9.88 Å². The van der Waals surface area contributed by atoms with Crippen LogP contribution in [0, 0.1) is 5.82 Å². The molecule has 1 N–H and O–H groups in total. The summed E-state index contributed by atoms with van der Waals surface area (Å²) in [4.78, 5) is 0. The highest BCUT2D eigenvalue weighted by Crippen LogP contribution is 2.25. The zero-order valence-corrected chi connectivity index (χ0v) is 15.3. The number of nitrogens with one attached hydrogen (secondary N) is 1. The highest BCUT2D eigenvalue weighted by Gasteiger charge is 2.10. The molecule has 0 aliphatic carbocycles. The second-order valence-electron chi connectivity index (χ2n) is 6.42. The number of nitrogens with zero attached hydrogens (tertiary/aromatic N) is 1. The number of hydrogen-bond acceptors (Lipinski definition) is 1. The molecule has 0 spiro atoms. The summed E-state index contributed by atoms with van der Waals surface area (Å²) in [7, 11) is 0. The third-order valence-corrected chi connectivity index (χ3v) is 4.85. The summed E-state index contributed by atoms with van der Waals surface area (Å²) in [6.07, 6.45) is 5.88. The molecule has 0 aliphatic rings. The fourth-order valence-electron chi connectivity index (χ4n) is 3.15. The second-order valence-corrected chi connectivity index (χ2v) is 6.83. The van der Waals surface area contributed by atoms with Gasteiger partial charge >= 0.3 is 0 Å². The maximum absolute atomic E-state index is 13.3. The Morgan fingerprint density at radius 1 is 1.08 bits per heavy atom. The average Bonchev–Trinajstić information content (AvgIpc) is 2.95. The number of aromatic nitrogens is 1. The lowest BCUT2D eigenvalue weighted by molar-refractivity contribution is 0.617. The molecule has 0 aliphatic heterocycles. The van der Waals surface area contributed by atoms with Crippen molar-refractivity contribution in [3.8, 4) is 0 Å². The van der Waals surface area contributed by atoms with Crippen LogP contribution in [0.2, 0.25) is 5.02 Å². The van der Waals surface area contributed by atoms with Crippen LogP contribution in [0.4, 0.5) is 4.39 Å². The summed E-state index contributed by atoms with van der Waals surface area (Å²) in [5.41, 5.74) is 3.38. The number of rotatable bonds is 8. The topological polar surface area (TPSA) is 17.0 Å². The third kappa shape index (κ3) is 4.42. The van der Waals surface area contributed by atoms with Gasteiger partial charge in [0.15, 0.2) is 0 Å². The molecule has 0 unspecified atom stereocenters. The zero-order valence-electron chi connectivity index (χ0n) is 14.6. The maximum atomic E-state index is 13.3. The summed E-state index contributed by atoms with van der Waals surface area (Å²) >= 11 is 6.20. The SMILES string of the molecule is CCCCCNCc1cn(Cc2ccc(F)cc2Cl)c2ccccc12. The summed E-state index contributed by atoms with van der Waals surface area (Å²) in [6, 6.07) is 13.0. The van der Waals surface area contributed by atoms with Gasteiger partial charge in [-0.15, -0.1) is 0 Å². The van der Waals surface area contributed by atoms with Gasteiger partial charge in [-0.3, -0.25) is 0 Å². The fraction of sp³-hybridized carbons (Fsp3) is 0.333. The molecule has 4 heteroatoms. The summed E-state index contributed by atoms with van der Waals surface area (Å²) in [6.45, 7) is 4.75. The molecule has 0 atom stereocenters. The summed E-state index contributed by atoms with van der Waals surface area (Å²) in [5.74, 6) is -0.303. The lowest BCUT2D eigenvalue weighted by Gasteiger charge is -2.07. The predicted molar refractivity (Wildman–Crippen MR) is 104 cm³/mol. The molecule has 0 saturated heterocycles. The number of unbranched alkanes of at least 4 members (excludes halogenated alkanes) is 2. The monoisotopic (exact) mass is 358 g/mol. The number of para-hydroxylation sites is 1. The number of fused-ring (bicyclic) bond motifs is 1. The first kappa shape index (κ1) is 18.0. The smallest absolute Gasteiger partial charge is 0.124 e. The Balaban J connectivity index is 1.81. The van der Waals surface area contributed by atoms with Crippen LogP contribution in [-0.2, 0) is 13.1 Å². The van der Waals surface area contributed by atoms with Crippen molar-refractivity contribution in [1.82, 2.24) is 9.88 Å². The van der Waals surface area contributed by atoms with Crippen molar-refractivity contribution in [3.05, 3.63) is 70.6 Å². The van der Waals surface area contributed by atoms with Crippen LogP contribution >= 0.6 is 11.6 Å². The summed E-state index contributed by atoms with van der Waals surface area (Å²) in [5, 5.41) is 5.26. The van der Waals surface area contributed by atoms with Gasteiger partial charge in [-0.05, 0) is 42.3 Å². The van der Waals surface area contributed by atoms with Crippen LogP contribution in [-0.4, -0.2) is 11.1 Å². The van der Waals surface area contributed by atoms with Crippen molar-refractivity contribution in [2.45, 2.75) is 39.3 Å². The molecule has 0 bridgehead atoms. The van der Waals surface area contributed by atoms with E-state index in [0.29, 0.717) is 11.6 Å². The molecule has 0 amide bonds. The van der Waals surface area contributed by atoms with E-state index in [1.54, 1.807) is 6.07 Å². The van der Waals surface area contributed by atoms with E-state index in [-0.39, 0.29) is 5.82 Å². The molecular weight excluding hydrogens is 335 g/mol. The number of benzene rings is 2. The van der Waals surface area contributed by atoms with Crippen molar-refractivity contribution in [1.29, 1.82) is 0 Å². The predicted octanol–water partition coefficient (Wildman–Crippen LogP) is 5.76. The van der Waals surface area contributed by atoms with Crippen molar-refractivity contribution in [2.24, 2.45) is 0 Å². The van der Waals surface area contributed by atoms with Gasteiger partial charge in [0.1, 0.15) is 5.82 Å². The molecule has 3 aromatic rings. The van der Waals surface area contributed by atoms with E-state index in [1.165, 1.54) is 47.9 Å². The van der Waals surface area contributed by atoms with Gasteiger partial charge in [0.25, 0.3) is 0 Å². The highest BCUT2D eigenvalue weighted by molar-refractivity contribution is 6.31. The van der Waals surface area contributed by atoms with Crippen LogP contribution in [0.1, 0.15) is 37.3 Å². The van der Waals surface area contributed by atoms with E-state index < -0.39 is 0 Å². The molecule has 25 heavy (non-hydrogen) atoms. The fourth-order valence-corrected chi connectivity index (χ4v) is 3.38. The molecule has 3 rings (SSSR count). The third-order valence-electron chi connectivity index (χ3n) is 4.50.